The van der Waals surface area contributed by atoms with Crippen LogP contribution in [0.3, 0.4) is 0 Å². The molecule has 0 heteroatoms. The molecule has 0 nitrogen and oxygen atoms in total. The molecule has 2 rings (SSSR count). The molecule has 0 aromatic heterocycles. The van der Waals surface area contributed by atoms with Crippen LogP contribution in [0, 0.1) is 13.8 Å². The standard InChI is InChI=1S/C20H24/c1-5-19(17-11-7-15(3)8-12-17)20(6-2)18-13-9-16(4)10-14-18/h7-14H,5-6H2,1-4H3. The average Bonchev–Trinajstić information content (AvgIpc) is 2.47. The van der Waals surface area contributed by atoms with Gasteiger partial charge in [0.05, 0.1) is 0 Å². The molecular weight excluding hydrogens is 240 g/mol. The van der Waals surface area contributed by atoms with Crippen LogP contribution in [0.1, 0.15) is 48.9 Å². The van der Waals surface area contributed by atoms with Crippen molar-refractivity contribution in [2.24, 2.45) is 0 Å². The molecule has 104 valence electrons. The molecule has 0 saturated heterocycles. The van der Waals surface area contributed by atoms with E-state index < -0.39 is 0 Å². The fourth-order valence-electron chi connectivity index (χ4n) is 2.69. The molecule has 0 aliphatic carbocycles. The van der Waals surface area contributed by atoms with Crippen molar-refractivity contribution in [2.45, 2.75) is 40.5 Å². The largest absolute Gasteiger partial charge is 0.0613 e. The van der Waals surface area contributed by atoms with Crippen LogP contribution < -0.4 is 0 Å². The Bertz CT molecular complexity index is 527. The molecule has 0 atom stereocenters. The van der Waals surface area contributed by atoms with Crippen molar-refractivity contribution in [2.75, 3.05) is 0 Å². The first-order valence-electron chi connectivity index (χ1n) is 7.51. The molecule has 0 N–H and O–H groups in total. The Hall–Kier alpha value is -1.82. The normalized spacial score (nSPS) is 12.2. The molecule has 0 fully saturated rings. The van der Waals surface area contributed by atoms with Crippen LogP contribution in [0.4, 0.5) is 0 Å². The molecule has 0 heterocycles. The van der Waals surface area contributed by atoms with Gasteiger partial charge in [-0.25, -0.2) is 0 Å². The molecule has 0 saturated carbocycles. The summed E-state index contributed by atoms with van der Waals surface area (Å²) in [6, 6.07) is 17.8. The summed E-state index contributed by atoms with van der Waals surface area (Å²) in [6.07, 6.45) is 2.14. The quantitative estimate of drug-likeness (QED) is 0.591. The second-order valence-corrected chi connectivity index (χ2v) is 5.40. The Kier molecular flexibility index (Phi) is 4.79. The van der Waals surface area contributed by atoms with E-state index in [4.69, 9.17) is 0 Å². The van der Waals surface area contributed by atoms with E-state index in [1.165, 1.54) is 33.4 Å². The minimum Gasteiger partial charge on any atom is -0.0613 e. The van der Waals surface area contributed by atoms with Gasteiger partial charge in [0.2, 0.25) is 0 Å². The van der Waals surface area contributed by atoms with E-state index in [0.29, 0.717) is 0 Å². The predicted octanol–water partition coefficient (Wildman–Crippen LogP) is 6.03. The topological polar surface area (TPSA) is 0 Å². The van der Waals surface area contributed by atoms with Crippen molar-refractivity contribution in [3.05, 3.63) is 70.8 Å². The zero-order valence-corrected chi connectivity index (χ0v) is 13.0. The summed E-state index contributed by atoms with van der Waals surface area (Å²) in [7, 11) is 0. The third-order valence-corrected chi connectivity index (χ3v) is 3.87. The summed E-state index contributed by atoms with van der Waals surface area (Å²) in [5.41, 5.74) is 8.29. The van der Waals surface area contributed by atoms with Crippen LogP contribution in [0.5, 0.6) is 0 Å². The first-order chi connectivity index (χ1) is 9.65. The Balaban J connectivity index is 2.52. The lowest BCUT2D eigenvalue weighted by atomic mass is 9.90. The summed E-state index contributed by atoms with van der Waals surface area (Å²) >= 11 is 0. The molecular formula is C20H24. The smallest absolute Gasteiger partial charge is 0.0221 e. The molecule has 2 aromatic rings. The molecule has 0 aliphatic heterocycles. The summed E-state index contributed by atoms with van der Waals surface area (Å²) < 4.78 is 0. The van der Waals surface area contributed by atoms with Crippen LogP contribution in [-0.2, 0) is 0 Å². The highest BCUT2D eigenvalue weighted by Crippen LogP contribution is 2.31. The van der Waals surface area contributed by atoms with E-state index in [2.05, 4.69) is 76.2 Å². The Morgan fingerprint density at radius 1 is 0.600 bits per heavy atom. The summed E-state index contributed by atoms with van der Waals surface area (Å²) in [5.74, 6) is 0. The third-order valence-electron chi connectivity index (χ3n) is 3.87. The molecule has 0 spiro atoms. The average molecular weight is 264 g/mol. The molecule has 2 aromatic carbocycles. The molecule has 0 amide bonds. The van der Waals surface area contributed by atoms with E-state index in [0.717, 1.165) is 12.8 Å². The molecule has 0 unspecified atom stereocenters. The van der Waals surface area contributed by atoms with Crippen molar-refractivity contribution < 1.29 is 0 Å². The van der Waals surface area contributed by atoms with Crippen molar-refractivity contribution in [3.63, 3.8) is 0 Å². The third kappa shape index (κ3) is 3.19. The summed E-state index contributed by atoms with van der Waals surface area (Å²) in [6.45, 7) is 8.78. The van der Waals surface area contributed by atoms with E-state index in [1.807, 2.05) is 0 Å². The maximum absolute atomic E-state index is 2.25. The maximum Gasteiger partial charge on any atom is -0.0221 e. The van der Waals surface area contributed by atoms with Crippen molar-refractivity contribution in [1.82, 2.24) is 0 Å². The lowest BCUT2D eigenvalue weighted by molar-refractivity contribution is 1.18. The number of hydrogen-bond acceptors (Lipinski definition) is 0. The van der Waals surface area contributed by atoms with Gasteiger partial charge in [0, 0.05) is 0 Å². The van der Waals surface area contributed by atoms with Crippen LogP contribution in [0.15, 0.2) is 48.5 Å². The van der Waals surface area contributed by atoms with E-state index >= 15 is 0 Å². The molecule has 0 radical (unpaired) electrons. The zero-order chi connectivity index (χ0) is 14.5. The van der Waals surface area contributed by atoms with Crippen molar-refractivity contribution in [1.29, 1.82) is 0 Å². The van der Waals surface area contributed by atoms with Crippen LogP contribution in [-0.4, -0.2) is 0 Å². The lowest BCUT2D eigenvalue weighted by Gasteiger charge is -2.14. The van der Waals surface area contributed by atoms with E-state index in [1.54, 1.807) is 0 Å². The number of aryl methyl sites for hydroxylation is 2. The van der Waals surface area contributed by atoms with Gasteiger partial charge in [-0.2, -0.15) is 0 Å². The minimum absolute atomic E-state index is 1.07. The minimum atomic E-state index is 1.07. The number of rotatable bonds is 4. The van der Waals surface area contributed by atoms with Gasteiger partial charge in [-0.15, -0.1) is 0 Å². The van der Waals surface area contributed by atoms with Gasteiger partial charge in [-0.05, 0) is 49.0 Å². The number of hydrogen-bond donors (Lipinski definition) is 0. The SMILES string of the molecule is CCC(=C(CC)c1ccc(C)cc1)c1ccc(C)cc1. The predicted molar refractivity (Wildman–Crippen MR) is 89.8 cm³/mol. The number of benzene rings is 2. The van der Waals surface area contributed by atoms with Gasteiger partial charge >= 0.3 is 0 Å². The Labute approximate surface area is 123 Å². The van der Waals surface area contributed by atoms with Gasteiger partial charge in [-0.1, -0.05) is 73.5 Å². The summed E-state index contributed by atoms with van der Waals surface area (Å²) in [4.78, 5) is 0. The van der Waals surface area contributed by atoms with Gasteiger partial charge in [0.1, 0.15) is 0 Å². The highest BCUT2D eigenvalue weighted by atomic mass is 14.1. The lowest BCUT2D eigenvalue weighted by Crippen LogP contribution is -1.92. The Morgan fingerprint density at radius 2 is 0.900 bits per heavy atom. The van der Waals surface area contributed by atoms with Crippen molar-refractivity contribution >= 4 is 11.1 Å². The van der Waals surface area contributed by atoms with Gasteiger partial charge < -0.3 is 0 Å². The molecule has 20 heavy (non-hydrogen) atoms. The first-order valence-corrected chi connectivity index (χ1v) is 7.51. The van der Waals surface area contributed by atoms with Gasteiger partial charge in [0.25, 0.3) is 0 Å². The van der Waals surface area contributed by atoms with Crippen LogP contribution in [0.2, 0.25) is 0 Å². The molecule has 0 aliphatic rings. The maximum atomic E-state index is 2.25. The van der Waals surface area contributed by atoms with Crippen molar-refractivity contribution in [3.8, 4) is 0 Å². The first kappa shape index (κ1) is 14.6. The molecule has 0 bridgehead atoms. The van der Waals surface area contributed by atoms with E-state index in [-0.39, 0.29) is 0 Å². The second-order valence-electron chi connectivity index (χ2n) is 5.40. The highest BCUT2D eigenvalue weighted by Gasteiger charge is 2.08. The zero-order valence-electron chi connectivity index (χ0n) is 13.0. The fourth-order valence-corrected chi connectivity index (χ4v) is 2.69. The van der Waals surface area contributed by atoms with Gasteiger partial charge in [0.15, 0.2) is 0 Å². The monoisotopic (exact) mass is 264 g/mol. The van der Waals surface area contributed by atoms with Gasteiger partial charge in [-0.3, -0.25) is 0 Å². The summed E-state index contributed by atoms with van der Waals surface area (Å²) in [5, 5.41) is 0. The van der Waals surface area contributed by atoms with Crippen LogP contribution >= 0.6 is 0 Å². The van der Waals surface area contributed by atoms with E-state index in [9.17, 15) is 0 Å². The number of allylic oxidation sites excluding steroid dienone is 2. The van der Waals surface area contributed by atoms with Crippen LogP contribution in [0.25, 0.3) is 11.1 Å². The second kappa shape index (κ2) is 6.56. The highest BCUT2D eigenvalue weighted by molar-refractivity contribution is 5.90. The fraction of sp³-hybridized carbons (Fsp3) is 0.300. The Morgan fingerprint density at radius 3 is 1.15 bits per heavy atom.